The molecule has 2 amide bonds. The Morgan fingerprint density at radius 2 is 1.85 bits per heavy atom. The van der Waals surface area contributed by atoms with Crippen molar-refractivity contribution in [1.82, 2.24) is 5.32 Å². The number of amides is 2. The average Bonchev–Trinajstić information content (AvgIpc) is 3.25. The second-order valence-electron chi connectivity index (χ2n) is 9.85. The number of carboxylic acid groups (broad SMARTS) is 1. The quantitative estimate of drug-likeness (QED) is 0.330. The molecule has 1 aliphatic carbocycles. The van der Waals surface area contributed by atoms with Gasteiger partial charge in [-0.15, -0.1) is 11.3 Å². The van der Waals surface area contributed by atoms with Crippen molar-refractivity contribution in [3.05, 3.63) is 21.9 Å². The number of nitrogens with zero attached hydrogens (tertiary/aromatic N) is 1. The lowest BCUT2D eigenvalue weighted by atomic mass is 9.98. The lowest BCUT2D eigenvalue weighted by Crippen LogP contribution is -2.38. The smallest absolute Gasteiger partial charge is 0.348 e. The second kappa shape index (κ2) is 13.7. The lowest BCUT2D eigenvalue weighted by Gasteiger charge is -2.26. The van der Waals surface area contributed by atoms with Crippen molar-refractivity contribution < 1.29 is 19.5 Å². The molecule has 2 rings (SSSR count). The van der Waals surface area contributed by atoms with Crippen LogP contribution in [0.15, 0.2) is 12.1 Å². The van der Waals surface area contributed by atoms with E-state index in [-0.39, 0.29) is 34.6 Å². The van der Waals surface area contributed by atoms with E-state index in [0.717, 1.165) is 49.8 Å². The van der Waals surface area contributed by atoms with Gasteiger partial charge in [-0.2, -0.15) is 0 Å². The van der Waals surface area contributed by atoms with E-state index in [0.29, 0.717) is 18.7 Å². The molecule has 2 atom stereocenters. The van der Waals surface area contributed by atoms with Gasteiger partial charge in [0.05, 0.1) is 5.69 Å². The molecule has 6 nitrogen and oxygen atoms in total. The van der Waals surface area contributed by atoms with Crippen LogP contribution in [0.25, 0.3) is 5.57 Å². The van der Waals surface area contributed by atoms with Crippen LogP contribution in [-0.4, -0.2) is 35.5 Å². The fraction of sp³-hybridized carbons (Fsp3) is 0.667. The molecule has 0 aromatic carbocycles. The van der Waals surface area contributed by atoms with E-state index in [4.69, 9.17) is 0 Å². The number of carboxylic acids is 1. The Morgan fingerprint density at radius 1 is 1.12 bits per heavy atom. The number of aromatic carboxylic acids is 1. The van der Waals surface area contributed by atoms with E-state index in [9.17, 15) is 19.5 Å². The number of allylic oxidation sites excluding steroid dienone is 2. The van der Waals surface area contributed by atoms with Crippen molar-refractivity contribution in [2.45, 2.75) is 98.4 Å². The Bertz CT molecular complexity index is 874. The molecule has 1 heterocycles. The zero-order chi connectivity index (χ0) is 25.3. The van der Waals surface area contributed by atoms with Gasteiger partial charge in [-0.05, 0) is 63.5 Å². The maximum atomic E-state index is 13.5. The number of anilines is 1. The molecule has 0 fully saturated rings. The molecule has 0 spiro atoms. The molecular weight excluding hydrogens is 448 g/mol. The van der Waals surface area contributed by atoms with Crippen molar-refractivity contribution >= 4 is 40.4 Å². The van der Waals surface area contributed by atoms with Gasteiger partial charge in [0.15, 0.2) is 0 Å². The number of hydrogen-bond donors (Lipinski definition) is 2. The van der Waals surface area contributed by atoms with Crippen LogP contribution in [0.3, 0.4) is 0 Å². The summed E-state index contributed by atoms with van der Waals surface area (Å²) in [5, 5.41) is 13.0. The van der Waals surface area contributed by atoms with Crippen LogP contribution in [0.5, 0.6) is 0 Å². The minimum Gasteiger partial charge on any atom is -0.477 e. The minimum absolute atomic E-state index is 0.00580. The summed E-state index contributed by atoms with van der Waals surface area (Å²) in [6.45, 7) is 10.2. The highest BCUT2D eigenvalue weighted by molar-refractivity contribution is 7.15. The van der Waals surface area contributed by atoms with E-state index in [1.54, 1.807) is 4.90 Å². The zero-order valence-electron chi connectivity index (χ0n) is 21.5. The number of unbranched alkanes of at least 4 members (excludes halogenated alkanes) is 1. The second-order valence-corrected chi connectivity index (χ2v) is 10.9. The molecule has 1 aliphatic rings. The first kappa shape index (κ1) is 28.1. The number of carbonyl (C=O) groups is 3. The van der Waals surface area contributed by atoms with Gasteiger partial charge in [-0.25, -0.2) is 4.79 Å². The molecule has 2 N–H and O–H groups in total. The lowest BCUT2D eigenvalue weighted by molar-refractivity contribution is -0.125. The number of rotatable bonds is 13. The Hall–Kier alpha value is -2.15. The van der Waals surface area contributed by atoms with Crippen molar-refractivity contribution in [3.8, 4) is 0 Å². The minimum atomic E-state index is -0.987. The Morgan fingerprint density at radius 3 is 2.44 bits per heavy atom. The molecule has 1 aromatic rings. The summed E-state index contributed by atoms with van der Waals surface area (Å²) in [5.41, 5.74) is 1.72. The van der Waals surface area contributed by atoms with Crippen LogP contribution >= 0.6 is 11.3 Å². The topological polar surface area (TPSA) is 86.7 Å². The van der Waals surface area contributed by atoms with E-state index >= 15 is 0 Å². The van der Waals surface area contributed by atoms with Gasteiger partial charge in [-0.3, -0.25) is 9.59 Å². The van der Waals surface area contributed by atoms with E-state index in [1.807, 2.05) is 33.8 Å². The molecule has 2 unspecified atom stereocenters. The summed E-state index contributed by atoms with van der Waals surface area (Å²) >= 11 is 1.28. The number of nitrogens with one attached hydrogen (secondary N) is 1. The summed E-state index contributed by atoms with van der Waals surface area (Å²) < 4.78 is 0. The van der Waals surface area contributed by atoms with Crippen LogP contribution in [0.4, 0.5) is 5.69 Å². The molecule has 1 aromatic heterocycles. The summed E-state index contributed by atoms with van der Waals surface area (Å²) in [6, 6.07) is 1.91. The third kappa shape index (κ3) is 7.97. The van der Waals surface area contributed by atoms with E-state index < -0.39 is 5.97 Å². The van der Waals surface area contributed by atoms with Crippen molar-refractivity contribution in [2.75, 3.05) is 11.4 Å². The van der Waals surface area contributed by atoms with Gasteiger partial charge in [-0.1, -0.05) is 46.6 Å². The predicted octanol–water partition coefficient (Wildman–Crippen LogP) is 6.50. The predicted molar refractivity (Wildman–Crippen MR) is 140 cm³/mol. The van der Waals surface area contributed by atoms with Gasteiger partial charge < -0.3 is 15.3 Å². The third-order valence-corrected chi connectivity index (χ3v) is 7.60. The van der Waals surface area contributed by atoms with Gasteiger partial charge in [0.2, 0.25) is 11.8 Å². The molecule has 34 heavy (non-hydrogen) atoms. The summed E-state index contributed by atoms with van der Waals surface area (Å²) in [4.78, 5) is 40.6. The van der Waals surface area contributed by atoms with Gasteiger partial charge in [0.25, 0.3) is 0 Å². The molecule has 0 saturated heterocycles. The molecule has 0 saturated carbocycles. The Kier molecular flexibility index (Phi) is 11.3. The van der Waals surface area contributed by atoms with E-state index in [2.05, 4.69) is 18.3 Å². The molecule has 0 radical (unpaired) electrons. The highest BCUT2D eigenvalue weighted by Gasteiger charge is 2.28. The molecule has 7 heteroatoms. The van der Waals surface area contributed by atoms with Crippen molar-refractivity contribution in [3.63, 3.8) is 0 Å². The first-order valence-corrected chi connectivity index (χ1v) is 13.7. The zero-order valence-corrected chi connectivity index (χ0v) is 22.3. The van der Waals surface area contributed by atoms with E-state index in [1.165, 1.54) is 23.3 Å². The monoisotopic (exact) mass is 490 g/mol. The Balaban J connectivity index is 2.27. The highest BCUT2D eigenvalue weighted by Crippen LogP contribution is 2.38. The summed E-state index contributed by atoms with van der Waals surface area (Å²) in [5.74, 6) is -1.23. The van der Waals surface area contributed by atoms with Crippen LogP contribution < -0.4 is 10.2 Å². The maximum Gasteiger partial charge on any atom is 0.348 e. The van der Waals surface area contributed by atoms with Crippen LogP contribution in [0.2, 0.25) is 0 Å². The molecular formula is C27H42N2O4S. The highest BCUT2D eigenvalue weighted by atomic mass is 32.1. The summed E-state index contributed by atoms with van der Waals surface area (Å²) in [7, 11) is 0. The fourth-order valence-electron chi connectivity index (χ4n) is 4.24. The largest absolute Gasteiger partial charge is 0.477 e. The van der Waals surface area contributed by atoms with Gasteiger partial charge >= 0.3 is 5.97 Å². The first-order valence-electron chi connectivity index (χ1n) is 12.8. The molecule has 190 valence electrons. The van der Waals surface area contributed by atoms with Gasteiger partial charge in [0, 0.05) is 29.3 Å². The summed E-state index contributed by atoms with van der Waals surface area (Å²) in [6.07, 6.45) is 10.6. The third-order valence-electron chi connectivity index (χ3n) is 6.42. The normalized spacial score (nSPS) is 15.5. The Labute approximate surface area is 208 Å². The maximum absolute atomic E-state index is 13.5. The fourth-order valence-corrected chi connectivity index (χ4v) is 5.31. The first-order chi connectivity index (χ1) is 16.1. The molecule has 0 aliphatic heterocycles. The van der Waals surface area contributed by atoms with Crippen LogP contribution in [0.1, 0.15) is 107 Å². The SMILES string of the molecule is CCCCC(C)C(=O)N(CCCC(C)NC(=O)C(C)C)c1cc(C2=CCCCC2)sc1C(=O)O. The van der Waals surface area contributed by atoms with Crippen LogP contribution in [0, 0.1) is 11.8 Å². The average molecular weight is 491 g/mol. The number of hydrogen-bond acceptors (Lipinski definition) is 4. The van der Waals surface area contributed by atoms with Crippen molar-refractivity contribution in [1.29, 1.82) is 0 Å². The standard InChI is InChI=1S/C27H42N2O4S/c1-6-7-12-19(4)26(31)29(16-11-13-20(5)28-25(30)18(2)3)22-17-23(34-24(22)27(32)33)21-14-9-8-10-15-21/h14,17-20H,6-13,15-16H2,1-5H3,(H,28,30)(H,32,33). The van der Waals surface area contributed by atoms with Crippen LogP contribution in [-0.2, 0) is 9.59 Å². The molecule has 0 bridgehead atoms. The number of carbonyl (C=O) groups excluding carboxylic acids is 2. The van der Waals surface area contributed by atoms with Gasteiger partial charge in [0.1, 0.15) is 4.88 Å². The van der Waals surface area contributed by atoms with Crippen molar-refractivity contribution in [2.24, 2.45) is 11.8 Å². The number of thiophene rings is 1.